The average Bonchev–Trinajstić information content (AvgIpc) is 1.66. The molecule has 32 heteroatoms. The number of anilines is 4. The van der Waals surface area contributed by atoms with Crippen LogP contribution in [0.4, 0.5) is 22.7 Å². The van der Waals surface area contributed by atoms with Crippen LogP contribution in [0.1, 0.15) is 288 Å². The summed E-state index contributed by atoms with van der Waals surface area (Å²) < 4.78 is 31.7. The smallest absolute Gasteiger partial charge is 0.361 e. The van der Waals surface area contributed by atoms with Crippen molar-refractivity contribution in [3.05, 3.63) is 222 Å². The van der Waals surface area contributed by atoms with Crippen molar-refractivity contribution in [2.45, 2.75) is 274 Å². The number of hydrogen-bond acceptors (Lipinski definition) is 22. The number of piperidine rings is 4. The van der Waals surface area contributed by atoms with Crippen LogP contribution in [0.15, 0.2) is 161 Å². The highest BCUT2D eigenvalue weighted by molar-refractivity contribution is 8.00. The van der Waals surface area contributed by atoms with Crippen LogP contribution in [0.3, 0.4) is 0 Å². The van der Waals surface area contributed by atoms with Gasteiger partial charge in [0.2, 0.25) is 28.9 Å². The van der Waals surface area contributed by atoms with E-state index in [1.165, 1.54) is 66.5 Å². The van der Waals surface area contributed by atoms with Crippen LogP contribution in [0, 0.1) is 0 Å². The van der Waals surface area contributed by atoms with Crippen LogP contribution in [0.25, 0.3) is 0 Å². The number of carboxylic acids is 1. The van der Waals surface area contributed by atoms with Crippen LogP contribution >= 0.6 is 81.7 Å². The van der Waals surface area contributed by atoms with Gasteiger partial charge in [0.15, 0.2) is 0 Å². The molecule has 4 saturated carbocycles. The molecular weight excluding hydrogens is 1870 g/mol. The Bertz CT molecular complexity index is 5670. The number of carboxylic acid groups (broad SMARTS) is 1. The number of carbonyl (C=O) groups is 5. The number of ether oxygens (including phenoxy) is 5. The van der Waals surface area contributed by atoms with Gasteiger partial charge in [0.1, 0.15) is 32.3 Å². The van der Waals surface area contributed by atoms with Crippen LogP contribution in [0.5, 0.6) is 17.2 Å². The molecule has 0 atom stereocenters. The Hall–Kier alpha value is -9.52. The summed E-state index contributed by atoms with van der Waals surface area (Å²) in [6.07, 6.45) is 28.8. The normalized spacial score (nSPS) is 20.8. The molecule has 0 bridgehead atoms. The summed E-state index contributed by atoms with van der Waals surface area (Å²) in [5.74, 6) is 2.67. The maximum absolute atomic E-state index is 12.7. The maximum Gasteiger partial charge on any atom is 0.361 e. The summed E-state index contributed by atoms with van der Waals surface area (Å²) in [4.78, 5) is 70.1. The van der Waals surface area contributed by atoms with E-state index in [-0.39, 0.29) is 35.9 Å². The first kappa shape index (κ1) is 102. The molecular formula is C105H127Cl4N13O12S3. The summed E-state index contributed by atoms with van der Waals surface area (Å²) in [6, 6.07) is 49.0. The number of aromatic carboxylic acids is 1. The molecule has 137 heavy (non-hydrogen) atoms. The monoisotopic (exact) mass is 2000 g/mol. The number of rotatable bonds is 28. The number of nitrogens with zero attached hydrogens (tertiary/aromatic N) is 13. The zero-order valence-electron chi connectivity index (χ0n) is 79.1. The number of benzene rings is 7. The quantitative estimate of drug-likeness (QED) is 0.0431. The van der Waals surface area contributed by atoms with Gasteiger partial charge >= 0.3 is 17.9 Å². The van der Waals surface area contributed by atoms with Gasteiger partial charge in [0.25, 0.3) is 0 Å². The number of aliphatic hydroxyl groups is 1. The molecule has 4 aliphatic carbocycles. The van der Waals surface area contributed by atoms with Crippen molar-refractivity contribution in [1.29, 1.82) is 0 Å². The van der Waals surface area contributed by atoms with Crippen molar-refractivity contribution >= 4 is 134 Å². The first-order valence-electron chi connectivity index (χ1n) is 48.9. The third-order valence-electron chi connectivity index (χ3n) is 27.6. The number of aliphatic hydroxyl groups excluding tert-OH is 1. The number of halogens is 4. The number of carbonyl (C=O) groups excluding carboxylic acids is 4. The minimum Gasteiger partial charge on any atom is -0.497 e. The van der Waals surface area contributed by atoms with Crippen molar-refractivity contribution in [3.63, 3.8) is 0 Å². The van der Waals surface area contributed by atoms with Crippen LogP contribution < -0.4 is 33.8 Å². The van der Waals surface area contributed by atoms with Crippen molar-refractivity contribution in [2.75, 3.05) is 93.4 Å². The number of thioether (sulfide) groups is 3. The first-order valence-corrected chi connectivity index (χ1v) is 53.1. The van der Waals surface area contributed by atoms with E-state index in [0.29, 0.717) is 99.3 Å². The Kier molecular flexibility index (Phi) is 37.2. The second-order valence-electron chi connectivity index (χ2n) is 36.7. The molecule has 18 rings (SSSR count). The molecule has 7 heterocycles. The highest BCUT2D eigenvalue weighted by atomic mass is 35.5. The molecule has 8 fully saturated rings. The summed E-state index contributed by atoms with van der Waals surface area (Å²) in [6.45, 7) is 11.5. The minimum absolute atomic E-state index is 0.0284. The molecule has 0 spiro atoms. The lowest BCUT2D eigenvalue weighted by Crippen LogP contribution is -2.35. The molecule has 2 N–H and O–H groups in total. The van der Waals surface area contributed by atoms with E-state index in [4.69, 9.17) is 70.1 Å². The summed E-state index contributed by atoms with van der Waals surface area (Å²) in [7, 11) is 4.93. The number of hydrogen-bond donors (Lipinski definition) is 2. The fourth-order valence-electron chi connectivity index (χ4n) is 19.9. The number of aromatic nitrogens is 9. The van der Waals surface area contributed by atoms with Crippen LogP contribution in [0.2, 0.25) is 20.1 Å². The van der Waals surface area contributed by atoms with E-state index >= 15 is 0 Å². The van der Waals surface area contributed by atoms with E-state index in [1.54, 1.807) is 79.8 Å². The second kappa shape index (κ2) is 50.0. The standard InChI is InChI=1S/C30H35ClN4O4S.C30H37ClN4O3S.C28H33ClN4O3S.C17H22ClNO2/c1-3-39-30(37)28-29(35(33-32-28)19-20-7-12-23(38-2)13-8-20)40-24-14-9-21(10-15-24)22-11-16-26(25(31)18-22)34-17-5-4-6-27(34)36;1-3-38-30(36)28-29(35(33-32-28)20-21-7-12-24(37-2)13-8-21)39-25-14-9-22(10-15-25)23-11-16-27(26(31)19-23)34-17-5-4-6-18-34;1-36-22-10-5-19(6-11-22)18-33-27(26(28(34)35)30-31-33)37-23-12-7-20(8-13-23)21-9-14-25(24(29)17-21)32-15-3-2-4-16-32;18-15-11-13(12-4-7-14(20)8-5-12)6-9-16(15)19-10-2-1-3-17(19)21/h7-8,11-13,16,18,21,24H,3-6,9-10,14-15,17,19H2,1-2H3;7-8,11-13,16,19,22,25H,3-6,9-10,14-15,17-18,20H2,1-2H3;5-6,9-11,14,17,20,23H,2-4,7-8,12-13,15-16,18H2,1H3,(H,34,35);6,9,11-12,14,20H,1-5,7-8,10H2. The second-order valence-corrected chi connectivity index (χ2v) is 42.2. The predicted octanol–water partition coefficient (Wildman–Crippen LogP) is 23.8. The lowest BCUT2D eigenvalue weighted by molar-refractivity contribution is -0.120. The van der Waals surface area contributed by atoms with E-state index in [9.17, 15) is 34.2 Å². The van der Waals surface area contributed by atoms with Gasteiger partial charge in [-0.25, -0.2) is 28.4 Å². The van der Waals surface area contributed by atoms with Crippen LogP contribution in [-0.4, -0.2) is 181 Å². The number of esters is 2. The topological polar surface area (TPSA) is 277 Å². The Morgan fingerprint density at radius 1 is 0.365 bits per heavy atom. The third-order valence-corrected chi connectivity index (χ3v) is 33.1. The minimum atomic E-state index is -1.04. The molecule has 4 aliphatic heterocycles. The average molecular weight is 2000 g/mol. The molecule has 4 saturated heterocycles. The molecule has 25 nitrogen and oxygen atoms in total. The Morgan fingerprint density at radius 3 is 0.934 bits per heavy atom. The van der Waals surface area contributed by atoms with Gasteiger partial charge in [0.05, 0.1) is 103 Å². The van der Waals surface area contributed by atoms with Crippen molar-refractivity contribution in [3.8, 4) is 17.2 Å². The molecule has 0 radical (unpaired) electrons. The van der Waals surface area contributed by atoms with Crippen molar-refractivity contribution in [2.24, 2.45) is 0 Å². The molecule has 2 amide bonds. The predicted molar refractivity (Wildman–Crippen MR) is 545 cm³/mol. The van der Waals surface area contributed by atoms with Gasteiger partial charge in [-0.05, 0) is 328 Å². The lowest BCUT2D eigenvalue weighted by atomic mass is 9.83. The van der Waals surface area contributed by atoms with Gasteiger partial charge in [-0.1, -0.05) is 123 Å². The number of amides is 2. The van der Waals surface area contributed by atoms with Gasteiger partial charge in [0, 0.05) is 67.9 Å². The fraction of sp³-hybridized carbons (Fsp3) is 0.495. The lowest BCUT2D eigenvalue weighted by Gasteiger charge is -2.31. The molecule has 730 valence electrons. The van der Waals surface area contributed by atoms with E-state index in [2.05, 4.69) is 89.3 Å². The Labute approximate surface area is 837 Å². The molecule has 8 aliphatic rings. The molecule has 0 unspecified atom stereocenters. The van der Waals surface area contributed by atoms with Crippen molar-refractivity contribution < 1.29 is 57.9 Å². The van der Waals surface area contributed by atoms with E-state index in [0.717, 1.165) is 239 Å². The third kappa shape index (κ3) is 27.0. The van der Waals surface area contributed by atoms with Gasteiger partial charge in [-0.3, -0.25) is 9.59 Å². The molecule has 10 aromatic rings. The summed E-state index contributed by atoms with van der Waals surface area (Å²) >= 11 is 31.6. The SMILES string of the molecule is CCOC(=O)c1nnn(Cc2ccc(OC)cc2)c1SC1CCC(c2ccc(N3CCCCC3)c(Cl)c2)CC1.CCOC(=O)c1nnn(Cc2ccc(OC)cc2)c1SC1CCC(c2ccc(N3CCCCC3=O)c(Cl)c2)CC1.COc1ccc(Cn2nnc(C(=O)O)c2SC2CCC(c3ccc(N4CCCCC4)c(Cl)c3)CC2)cc1.O=C1CCCCN1c1ccc(C2CCC(O)CC2)cc1Cl. The summed E-state index contributed by atoms with van der Waals surface area (Å²) in [5.41, 5.74) is 12.8. The zero-order chi connectivity index (χ0) is 95.9. The highest BCUT2D eigenvalue weighted by Crippen LogP contribution is 2.48. The van der Waals surface area contributed by atoms with Gasteiger partial charge in [-0.15, -0.1) is 50.6 Å². The van der Waals surface area contributed by atoms with Crippen molar-refractivity contribution in [1.82, 2.24) is 45.0 Å². The number of methoxy groups -OCH3 is 3. The van der Waals surface area contributed by atoms with Crippen LogP contribution in [-0.2, 0) is 38.7 Å². The van der Waals surface area contributed by atoms with E-state index in [1.807, 2.05) is 112 Å². The van der Waals surface area contributed by atoms with Gasteiger partial charge in [-0.2, -0.15) is 0 Å². The molecule has 3 aromatic heterocycles. The first-order chi connectivity index (χ1) is 66.7. The highest BCUT2D eigenvalue weighted by Gasteiger charge is 2.36. The maximum atomic E-state index is 12.7. The van der Waals surface area contributed by atoms with E-state index < -0.39 is 17.9 Å². The van der Waals surface area contributed by atoms with Gasteiger partial charge < -0.3 is 53.5 Å². The molecule has 7 aromatic carbocycles. The zero-order valence-corrected chi connectivity index (χ0v) is 84.6. The Morgan fingerprint density at radius 2 is 0.650 bits per heavy atom. The Balaban J connectivity index is 0.000000142. The fourth-order valence-corrected chi connectivity index (χ4v) is 25.0. The largest absolute Gasteiger partial charge is 0.497 e. The summed E-state index contributed by atoms with van der Waals surface area (Å²) in [5, 5.41) is 50.8.